The minimum Gasteiger partial charge on any atom is -0.454 e. The first-order chi connectivity index (χ1) is 12.9. The molecular weight excluding hydrogens is 361 g/mol. The van der Waals surface area contributed by atoms with E-state index in [2.05, 4.69) is 10.9 Å². The molecule has 27 heavy (non-hydrogen) atoms. The predicted molar refractivity (Wildman–Crippen MR) is 90.3 cm³/mol. The normalized spacial score (nSPS) is 12.0. The minimum absolute atomic E-state index is 0.0461. The van der Waals surface area contributed by atoms with E-state index in [9.17, 15) is 24.1 Å². The molecule has 2 aromatic carbocycles. The Labute approximate surface area is 151 Å². The van der Waals surface area contributed by atoms with Crippen LogP contribution in [0.1, 0.15) is 15.9 Å². The van der Waals surface area contributed by atoms with Crippen LogP contribution in [-0.2, 0) is 4.79 Å². The molecule has 2 N–H and O–H groups in total. The number of rotatable bonds is 4. The average Bonchev–Trinajstić information content (AvgIpc) is 3.11. The average molecular weight is 373 g/mol. The van der Waals surface area contributed by atoms with Gasteiger partial charge in [-0.05, 0) is 36.4 Å². The van der Waals surface area contributed by atoms with Gasteiger partial charge in [0, 0.05) is 11.6 Å². The highest BCUT2D eigenvalue weighted by Crippen LogP contribution is 2.38. The summed E-state index contributed by atoms with van der Waals surface area (Å²) in [4.78, 5) is 34.2. The topological polar surface area (TPSA) is 120 Å². The lowest BCUT2D eigenvalue weighted by Gasteiger charge is -2.05. The Morgan fingerprint density at radius 2 is 1.78 bits per heavy atom. The van der Waals surface area contributed by atoms with E-state index in [-0.39, 0.29) is 29.4 Å². The fourth-order valence-electron chi connectivity index (χ4n) is 2.24. The van der Waals surface area contributed by atoms with Crippen LogP contribution in [-0.4, -0.2) is 23.5 Å². The predicted octanol–water partition coefficient (Wildman–Crippen LogP) is 1.94. The fraction of sp³-hybridized carbons (Fsp3) is 0.0588. The lowest BCUT2D eigenvalue weighted by molar-refractivity contribution is -0.385. The van der Waals surface area contributed by atoms with Crippen molar-refractivity contribution in [1.29, 1.82) is 0 Å². The van der Waals surface area contributed by atoms with Crippen LogP contribution in [0.2, 0.25) is 0 Å². The van der Waals surface area contributed by atoms with Crippen molar-refractivity contribution in [3.63, 3.8) is 0 Å². The number of hydrogen-bond donors (Lipinski definition) is 2. The van der Waals surface area contributed by atoms with Crippen molar-refractivity contribution in [2.45, 2.75) is 0 Å². The number of ether oxygens (including phenoxy) is 2. The van der Waals surface area contributed by atoms with Crippen molar-refractivity contribution in [3.8, 4) is 11.5 Å². The summed E-state index contributed by atoms with van der Waals surface area (Å²) in [5, 5.41) is 11.2. The second kappa shape index (κ2) is 7.52. The molecule has 1 aliphatic heterocycles. The first-order valence-electron chi connectivity index (χ1n) is 7.56. The summed E-state index contributed by atoms with van der Waals surface area (Å²) in [5.74, 6) is -1.30. The molecule has 0 bridgehead atoms. The molecule has 2 amide bonds. The Kier molecular flexibility index (Phi) is 4.97. The van der Waals surface area contributed by atoms with Crippen LogP contribution in [0.4, 0.5) is 10.1 Å². The molecule has 0 unspecified atom stereocenters. The van der Waals surface area contributed by atoms with Crippen molar-refractivity contribution in [3.05, 3.63) is 69.5 Å². The molecule has 0 saturated heterocycles. The summed E-state index contributed by atoms with van der Waals surface area (Å²) in [6.45, 7) is -0.0461. The van der Waals surface area contributed by atoms with Crippen LogP contribution in [0.25, 0.3) is 6.08 Å². The van der Waals surface area contributed by atoms with Gasteiger partial charge in [0.05, 0.1) is 16.6 Å². The lowest BCUT2D eigenvalue weighted by atomic mass is 10.1. The highest BCUT2D eigenvalue weighted by Gasteiger charge is 2.22. The third-order valence-corrected chi connectivity index (χ3v) is 3.54. The number of halogens is 1. The maximum Gasteiger partial charge on any atom is 0.280 e. The third kappa shape index (κ3) is 4.18. The number of hydrazine groups is 1. The molecule has 3 rings (SSSR count). The number of nitro benzene ring substituents is 1. The molecule has 2 aromatic rings. The summed E-state index contributed by atoms with van der Waals surface area (Å²) < 4.78 is 23.1. The van der Waals surface area contributed by atoms with Crippen LogP contribution >= 0.6 is 0 Å². The van der Waals surface area contributed by atoms with Gasteiger partial charge in [0.2, 0.25) is 6.79 Å². The Bertz CT molecular complexity index is 942. The van der Waals surface area contributed by atoms with Gasteiger partial charge in [0.25, 0.3) is 17.5 Å². The van der Waals surface area contributed by atoms with Gasteiger partial charge in [-0.1, -0.05) is 0 Å². The fourth-order valence-corrected chi connectivity index (χ4v) is 2.24. The quantitative estimate of drug-likeness (QED) is 0.480. The van der Waals surface area contributed by atoms with E-state index < -0.39 is 22.6 Å². The number of nitrogens with zero attached hydrogens (tertiary/aromatic N) is 1. The first-order valence-corrected chi connectivity index (χ1v) is 7.56. The highest BCUT2D eigenvalue weighted by molar-refractivity contribution is 5.98. The summed E-state index contributed by atoms with van der Waals surface area (Å²) >= 11 is 0. The summed E-state index contributed by atoms with van der Waals surface area (Å²) in [5.41, 5.74) is 4.27. The SMILES string of the molecule is O=C(/C=C/c1cc2c(cc1[N+](=O)[O-])OCO2)NNC(=O)c1ccc(F)cc1. The van der Waals surface area contributed by atoms with Gasteiger partial charge in [-0.2, -0.15) is 0 Å². The molecule has 0 saturated carbocycles. The molecule has 9 nitrogen and oxygen atoms in total. The van der Waals surface area contributed by atoms with Crippen LogP contribution in [0.15, 0.2) is 42.5 Å². The molecule has 10 heteroatoms. The monoisotopic (exact) mass is 373 g/mol. The number of hydrogen-bond acceptors (Lipinski definition) is 6. The molecule has 0 aromatic heterocycles. The van der Waals surface area contributed by atoms with Crippen molar-refractivity contribution in [2.24, 2.45) is 0 Å². The van der Waals surface area contributed by atoms with Gasteiger partial charge >= 0.3 is 0 Å². The highest BCUT2D eigenvalue weighted by atomic mass is 19.1. The Morgan fingerprint density at radius 1 is 1.11 bits per heavy atom. The first kappa shape index (κ1) is 17.9. The number of nitrogens with one attached hydrogen (secondary N) is 2. The minimum atomic E-state index is -0.725. The number of benzene rings is 2. The lowest BCUT2D eigenvalue weighted by Crippen LogP contribution is -2.40. The van der Waals surface area contributed by atoms with E-state index in [1.165, 1.54) is 30.3 Å². The van der Waals surface area contributed by atoms with Gasteiger partial charge in [-0.3, -0.25) is 30.6 Å². The van der Waals surface area contributed by atoms with E-state index in [1.54, 1.807) is 0 Å². The standard InChI is InChI=1S/C17H12FN3O6/c18-12-4-1-10(2-5-12)17(23)20-19-16(22)6-3-11-7-14-15(27-9-26-14)8-13(11)21(24)25/h1-8H,9H2,(H,19,22)(H,20,23)/b6-3+. The Hall–Kier alpha value is -3.95. The second-order valence-corrected chi connectivity index (χ2v) is 5.30. The van der Waals surface area contributed by atoms with Crippen molar-refractivity contribution >= 4 is 23.6 Å². The van der Waals surface area contributed by atoms with Crippen molar-refractivity contribution in [2.75, 3.05) is 6.79 Å². The molecule has 1 aliphatic rings. The van der Waals surface area contributed by atoms with Gasteiger partial charge in [0.1, 0.15) is 5.82 Å². The number of carbonyl (C=O) groups excluding carboxylic acids is 2. The molecular formula is C17H12FN3O6. The van der Waals surface area contributed by atoms with E-state index in [1.807, 2.05) is 0 Å². The van der Waals surface area contributed by atoms with Gasteiger partial charge in [-0.25, -0.2) is 4.39 Å². The zero-order valence-corrected chi connectivity index (χ0v) is 13.6. The molecule has 0 fully saturated rings. The number of nitro groups is 1. The molecule has 0 spiro atoms. The zero-order chi connectivity index (χ0) is 19.4. The van der Waals surface area contributed by atoms with Gasteiger partial charge < -0.3 is 9.47 Å². The summed E-state index contributed by atoms with van der Waals surface area (Å²) in [6, 6.07) is 7.30. The van der Waals surface area contributed by atoms with Crippen LogP contribution in [0.5, 0.6) is 11.5 Å². The zero-order valence-electron chi connectivity index (χ0n) is 13.6. The van der Waals surface area contributed by atoms with Crippen LogP contribution in [0.3, 0.4) is 0 Å². The van der Waals surface area contributed by atoms with Crippen LogP contribution < -0.4 is 20.3 Å². The maximum atomic E-state index is 12.8. The van der Waals surface area contributed by atoms with Gasteiger partial charge in [0.15, 0.2) is 11.5 Å². The van der Waals surface area contributed by atoms with E-state index >= 15 is 0 Å². The van der Waals surface area contributed by atoms with E-state index in [0.717, 1.165) is 18.2 Å². The maximum absolute atomic E-state index is 12.8. The van der Waals surface area contributed by atoms with Crippen molar-refractivity contribution < 1.29 is 28.4 Å². The Balaban J connectivity index is 1.65. The van der Waals surface area contributed by atoms with Gasteiger partial charge in [-0.15, -0.1) is 0 Å². The molecule has 0 atom stereocenters. The smallest absolute Gasteiger partial charge is 0.280 e. The third-order valence-electron chi connectivity index (χ3n) is 3.54. The Morgan fingerprint density at radius 3 is 2.44 bits per heavy atom. The summed E-state index contributed by atoms with van der Waals surface area (Å²) in [6.07, 6.45) is 2.22. The largest absolute Gasteiger partial charge is 0.454 e. The van der Waals surface area contributed by atoms with Crippen LogP contribution in [0, 0.1) is 15.9 Å². The number of carbonyl (C=O) groups is 2. The van der Waals surface area contributed by atoms with E-state index in [4.69, 9.17) is 9.47 Å². The molecule has 0 radical (unpaired) electrons. The second-order valence-electron chi connectivity index (χ2n) is 5.30. The van der Waals surface area contributed by atoms with Crippen molar-refractivity contribution in [1.82, 2.24) is 10.9 Å². The van der Waals surface area contributed by atoms with E-state index in [0.29, 0.717) is 5.75 Å². The number of fused-ring (bicyclic) bond motifs is 1. The molecule has 1 heterocycles. The number of amides is 2. The summed E-state index contributed by atoms with van der Waals surface area (Å²) in [7, 11) is 0. The molecule has 138 valence electrons. The molecule has 0 aliphatic carbocycles.